The molecule has 10 heteroatoms. The number of hydrogen-bond acceptors (Lipinski definition) is 8. The maximum absolute atomic E-state index is 12.2. The summed E-state index contributed by atoms with van der Waals surface area (Å²) >= 11 is 1.13. The number of ether oxygens (including phenoxy) is 2. The van der Waals surface area contributed by atoms with Gasteiger partial charge in [0.15, 0.2) is 17.5 Å². The van der Waals surface area contributed by atoms with Crippen molar-refractivity contribution in [2.45, 2.75) is 0 Å². The zero-order chi connectivity index (χ0) is 20.8. The summed E-state index contributed by atoms with van der Waals surface area (Å²) in [6.45, 7) is -0.0396. The van der Waals surface area contributed by atoms with E-state index >= 15 is 0 Å². The summed E-state index contributed by atoms with van der Waals surface area (Å²) in [7, 11) is 1.35. The number of benzene rings is 2. The van der Waals surface area contributed by atoms with E-state index in [2.05, 4.69) is 10.3 Å². The highest BCUT2D eigenvalue weighted by atomic mass is 32.2. The van der Waals surface area contributed by atoms with Gasteiger partial charge in [0, 0.05) is 6.07 Å². The number of hydrogen-bond donors (Lipinski definition) is 1. The van der Waals surface area contributed by atoms with Gasteiger partial charge in [0.2, 0.25) is 0 Å². The molecular formula is C19H14N4O5S. The molecule has 3 rings (SSSR count). The van der Waals surface area contributed by atoms with Gasteiger partial charge in [-0.1, -0.05) is 12.1 Å². The van der Waals surface area contributed by atoms with E-state index in [1.807, 2.05) is 6.07 Å². The molecule has 146 valence electrons. The monoisotopic (exact) mass is 410 g/mol. The number of nitro groups is 1. The number of rotatable bonds is 6. The minimum absolute atomic E-state index is 0.0396. The van der Waals surface area contributed by atoms with Crippen molar-refractivity contribution in [3.8, 4) is 17.6 Å². The van der Waals surface area contributed by atoms with Crippen molar-refractivity contribution < 1.29 is 19.2 Å². The molecular weight excluding hydrogens is 396 g/mol. The molecule has 0 saturated carbocycles. The fourth-order valence-electron chi connectivity index (χ4n) is 2.42. The maximum Gasteiger partial charge on any atom is 0.313 e. The number of nitro benzene ring substituents is 1. The van der Waals surface area contributed by atoms with Gasteiger partial charge in [-0.3, -0.25) is 14.9 Å². The lowest BCUT2D eigenvalue weighted by Gasteiger charge is -2.02. The van der Waals surface area contributed by atoms with Gasteiger partial charge < -0.3 is 14.8 Å². The Kier molecular flexibility index (Phi) is 6.11. The van der Waals surface area contributed by atoms with Gasteiger partial charge in [-0.2, -0.15) is 5.26 Å². The van der Waals surface area contributed by atoms with Crippen LogP contribution in [0, 0.1) is 21.4 Å². The molecule has 0 bridgehead atoms. The Morgan fingerprint density at radius 2 is 2.07 bits per heavy atom. The molecule has 0 aliphatic carbocycles. The van der Waals surface area contributed by atoms with E-state index in [1.165, 1.54) is 19.2 Å². The normalized spacial score (nSPS) is 15.8. The first-order chi connectivity index (χ1) is 14.0. The SMILES string of the molecule is COc1ccc(N=C2NC(=O)/C(=C/c3ccc(OCC#N)cc3)S2)cc1[N+](=O)[O-]. The average Bonchev–Trinajstić information content (AvgIpc) is 3.06. The largest absolute Gasteiger partial charge is 0.490 e. The molecule has 0 radical (unpaired) electrons. The fourth-order valence-corrected chi connectivity index (χ4v) is 3.26. The van der Waals surface area contributed by atoms with Crippen molar-refractivity contribution in [1.82, 2.24) is 5.32 Å². The molecule has 0 unspecified atom stereocenters. The first-order valence-corrected chi connectivity index (χ1v) is 9.03. The first kappa shape index (κ1) is 19.9. The van der Waals surface area contributed by atoms with E-state index in [-0.39, 0.29) is 24.0 Å². The second-order valence-electron chi connectivity index (χ2n) is 5.61. The Morgan fingerprint density at radius 3 is 2.72 bits per heavy atom. The van der Waals surface area contributed by atoms with Gasteiger partial charge >= 0.3 is 5.69 Å². The van der Waals surface area contributed by atoms with Crippen LogP contribution < -0.4 is 14.8 Å². The summed E-state index contributed by atoms with van der Waals surface area (Å²) in [5.74, 6) is 0.368. The standard InChI is InChI=1S/C19H14N4O5S/c1-27-16-7-4-13(11-15(16)23(25)26)21-19-22-18(24)17(29-19)10-12-2-5-14(6-3-12)28-9-8-20/h2-7,10-11H,9H2,1H3,(H,21,22,24)/b17-10-. The zero-order valence-corrected chi connectivity index (χ0v) is 15.9. The molecule has 29 heavy (non-hydrogen) atoms. The van der Waals surface area contributed by atoms with Gasteiger partial charge in [0.05, 0.1) is 22.6 Å². The number of nitriles is 1. The van der Waals surface area contributed by atoms with E-state index in [4.69, 9.17) is 14.7 Å². The number of amidine groups is 1. The van der Waals surface area contributed by atoms with Crippen LogP contribution in [0.1, 0.15) is 5.56 Å². The highest BCUT2D eigenvalue weighted by Crippen LogP contribution is 2.33. The molecule has 0 atom stereocenters. The van der Waals surface area contributed by atoms with E-state index in [1.54, 1.807) is 36.4 Å². The predicted molar refractivity (Wildman–Crippen MR) is 108 cm³/mol. The first-order valence-electron chi connectivity index (χ1n) is 8.22. The van der Waals surface area contributed by atoms with Crippen LogP contribution >= 0.6 is 11.8 Å². The lowest BCUT2D eigenvalue weighted by Crippen LogP contribution is -2.19. The lowest BCUT2D eigenvalue weighted by molar-refractivity contribution is -0.385. The van der Waals surface area contributed by atoms with Crippen molar-refractivity contribution in [3.63, 3.8) is 0 Å². The van der Waals surface area contributed by atoms with Crippen LogP contribution in [0.2, 0.25) is 0 Å². The average molecular weight is 410 g/mol. The number of methoxy groups -OCH3 is 1. The molecule has 1 fully saturated rings. The fraction of sp³-hybridized carbons (Fsp3) is 0.105. The number of carbonyl (C=O) groups is 1. The number of nitrogens with zero attached hydrogens (tertiary/aromatic N) is 3. The number of carbonyl (C=O) groups excluding carboxylic acids is 1. The molecule has 1 aliphatic heterocycles. The van der Waals surface area contributed by atoms with Crippen molar-refractivity contribution in [3.05, 3.63) is 63.0 Å². The third-order valence-corrected chi connectivity index (χ3v) is 4.63. The maximum atomic E-state index is 12.2. The van der Waals surface area contributed by atoms with Gasteiger partial charge in [-0.25, -0.2) is 4.99 Å². The van der Waals surface area contributed by atoms with Gasteiger partial charge in [-0.15, -0.1) is 0 Å². The third kappa shape index (κ3) is 4.91. The topological polar surface area (TPSA) is 127 Å². The third-order valence-electron chi connectivity index (χ3n) is 3.72. The summed E-state index contributed by atoms with van der Waals surface area (Å²) in [5, 5.41) is 22.6. The van der Waals surface area contributed by atoms with Crippen LogP contribution in [0.25, 0.3) is 6.08 Å². The molecule has 1 saturated heterocycles. The van der Waals surface area contributed by atoms with Crippen LogP contribution in [0.4, 0.5) is 11.4 Å². The minimum Gasteiger partial charge on any atom is -0.490 e. The Balaban J connectivity index is 1.78. The summed E-state index contributed by atoms with van der Waals surface area (Å²) < 4.78 is 10.1. The van der Waals surface area contributed by atoms with E-state index in [0.717, 1.165) is 17.3 Å². The number of amides is 1. The van der Waals surface area contributed by atoms with Gasteiger partial charge in [0.25, 0.3) is 5.91 Å². The van der Waals surface area contributed by atoms with Crippen LogP contribution in [-0.2, 0) is 4.79 Å². The minimum atomic E-state index is -0.557. The molecule has 9 nitrogen and oxygen atoms in total. The Bertz CT molecular complexity index is 1060. The zero-order valence-electron chi connectivity index (χ0n) is 15.1. The Morgan fingerprint density at radius 1 is 1.31 bits per heavy atom. The summed E-state index contributed by atoms with van der Waals surface area (Å²) in [5.41, 5.74) is 0.881. The van der Waals surface area contributed by atoms with Crippen molar-refractivity contribution in [2.75, 3.05) is 13.7 Å². The number of aliphatic imine (C=N–C) groups is 1. The Labute approximate surface area is 169 Å². The molecule has 1 amide bonds. The molecule has 0 aromatic heterocycles. The molecule has 1 aliphatic rings. The molecule has 2 aromatic carbocycles. The number of nitrogens with one attached hydrogen (secondary N) is 1. The second-order valence-corrected chi connectivity index (χ2v) is 6.64. The van der Waals surface area contributed by atoms with Crippen LogP contribution in [0.15, 0.2) is 52.4 Å². The van der Waals surface area contributed by atoms with E-state index in [0.29, 0.717) is 21.5 Å². The highest BCUT2D eigenvalue weighted by molar-refractivity contribution is 8.18. The smallest absolute Gasteiger partial charge is 0.313 e. The van der Waals surface area contributed by atoms with Crippen LogP contribution in [0.5, 0.6) is 11.5 Å². The van der Waals surface area contributed by atoms with Crippen molar-refractivity contribution in [2.24, 2.45) is 4.99 Å². The summed E-state index contributed by atoms with van der Waals surface area (Å²) in [6.07, 6.45) is 1.69. The molecule has 1 N–H and O–H groups in total. The molecule has 2 aromatic rings. The predicted octanol–water partition coefficient (Wildman–Crippen LogP) is 3.40. The van der Waals surface area contributed by atoms with E-state index < -0.39 is 4.92 Å². The van der Waals surface area contributed by atoms with Crippen LogP contribution in [-0.4, -0.2) is 29.7 Å². The summed E-state index contributed by atoms with van der Waals surface area (Å²) in [6, 6.07) is 13.1. The van der Waals surface area contributed by atoms with Gasteiger partial charge in [0.1, 0.15) is 11.8 Å². The van der Waals surface area contributed by atoms with Gasteiger partial charge in [-0.05, 0) is 47.7 Å². The molecule has 0 spiro atoms. The highest BCUT2D eigenvalue weighted by Gasteiger charge is 2.24. The van der Waals surface area contributed by atoms with Crippen LogP contribution in [0.3, 0.4) is 0 Å². The lowest BCUT2D eigenvalue weighted by atomic mass is 10.2. The molecule has 1 heterocycles. The number of thioether (sulfide) groups is 1. The van der Waals surface area contributed by atoms with Crippen molar-refractivity contribution in [1.29, 1.82) is 5.26 Å². The van der Waals surface area contributed by atoms with E-state index in [9.17, 15) is 14.9 Å². The second kappa shape index (κ2) is 8.90. The Hall–Kier alpha value is -3.84. The van der Waals surface area contributed by atoms with Crippen molar-refractivity contribution >= 4 is 40.3 Å². The summed E-state index contributed by atoms with van der Waals surface area (Å²) in [4.78, 5) is 27.5. The quantitative estimate of drug-likeness (QED) is 0.439.